The number of ether oxygens (including phenoxy) is 1. The molecule has 1 aromatic heterocycles. The Kier molecular flexibility index (Phi) is 6.60. The van der Waals surface area contributed by atoms with Crippen molar-refractivity contribution >= 4 is 5.78 Å². The van der Waals surface area contributed by atoms with E-state index in [1.807, 2.05) is 0 Å². The number of rotatable bonds is 9. The van der Waals surface area contributed by atoms with Gasteiger partial charge in [0.15, 0.2) is 11.5 Å². The Morgan fingerprint density at radius 2 is 2.11 bits per heavy atom. The summed E-state index contributed by atoms with van der Waals surface area (Å²) in [4.78, 5) is 12.7. The average molecular weight is 266 g/mol. The highest BCUT2D eigenvalue weighted by Gasteiger charge is 2.25. The molecule has 1 aromatic rings. The molecule has 0 bridgehead atoms. The van der Waals surface area contributed by atoms with Gasteiger partial charge in [0.2, 0.25) is 0 Å². The van der Waals surface area contributed by atoms with Crippen LogP contribution in [0.4, 0.5) is 0 Å². The van der Waals surface area contributed by atoms with E-state index in [9.17, 15) is 4.79 Å². The molecule has 0 aliphatic carbocycles. The van der Waals surface area contributed by atoms with Crippen LogP contribution < -0.4 is 4.74 Å². The fourth-order valence-electron chi connectivity index (χ4n) is 2.31. The van der Waals surface area contributed by atoms with Crippen molar-refractivity contribution in [3.63, 3.8) is 0 Å². The van der Waals surface area contributed by atoms with Crippen LogP contribution in [0.25, 0.3) is 0 Å². The summed E-state index contributed by atoms with van der Waals surface area (Å²) in [6.07, 6.45) is 6.64. The molecule has 0 aromatic carbocycles. The smallest absolute Gasteiger partial charge is 0.187 e. The zero-order valence-corrected chi connectivity index (χ0v) is 12.6. The van der Waals surface area contributed by atoms with E-state index >= 15 is 0 Å². The number of Topliss-reactive ketones (excluding diaryl/α,β-unsaturated/α-hetero) is 1. The fourth-order valence-corrected chi connectivity index (χ4v) is 2.31. The standard InChI is InChI=1S/C15H26N2O2/c1-5-8-9-12(7-3)15(18)14-13(19-4)11-16-17(14)10-6-2/h11-12H,5-10H2,1-4H3. The van der Waals surface area contributed by atoms with E-state index in [2.05, 4.69) is 25.9 Å². The highest BCUT2D eigenvalue weighted by atomic mass is 16.5. The molecule has 0 amide bonds. The molecule has 1 unspecified atom stereocenters. The van der Waals surface area contributed by atoms with Crippen molar-refractivity contribution < 1.29 is 9.53 Å². The van der Waals surface area contributed by atoms with Crippen molar-refractivity contribution in [1.29, 1.82) is 0 Å². The molecule has 0 aliphatic heterocycles. The Morgan fingerprint density at radius 1 is 1.37 bits per heavy atom. The number of carbonyl (C=O) groups excluding carboxylic acids is 1. The first-order valence-electron chi connectivity index (χ1n) is 7.33. The van der Waals surface area contributed by atoms with Crippen molar-refractivity contribution in [3.05, 3.63) is 11.9 Å². The zero-order chi connectivity index (χ0) is 14.3. The number of carbonyl (C=O) groups is 1. The molecule has 0 saturated carbocycles. The highest BCUT2D eigenvalue weighted by Crippen LogP contribution is 2.25. The maximum absolute atomic E-state index is 12.7. The van der Waals surface area contributed by atoms with Crippen LogP contribution in [0.2, 0.25) is 0 Å². The van der Waals surface area contributed by atoms with Crippen molar-refractivity contribution in [1.82, 2.24) is 9.78 Å². The van der Waals surface area contributed by atoms with E-state index in [0.29, 0.717) is 11.4 Å². The maximum atomic E-state index is 12.7. The van der Waals surface area contributed by atoms with Crippen LogP contribution in [0, 0.1) is 5.92 Å². The van der Waals surface area contributed by atoms with Gasteiger partial charge in [-0.3, -0.25) is 9.48 Å². The Morgan fingerprint density at radius 3 is 2.63 bits per heavy atom. The monoisotopic (exact) mass is 266 g/mol. The average Bonchev–Trinajstić information content (AvgIpc) is 2.82. The van der Waals surface area contributed by atoms with Gasteiger partial charge in [-0.25, -0.2) is 0 Å². The number of hydrogen-bond acceptors (Lipinski definition) is 3. The summed E-state index contributed by atoms with van der Waals surface area (Å²) in [7, 11) is 1.59. The third-order valence-electron chi connectivity index (χ3n) is 3.46. The van der Waals surface area contributed by atoms with Crippen LogP contribution >= 0.6 is 0 Å². The van der Waals surface area contributed by atoms with Crippen molar-refractivity contribution in [2.75, 3.05) is 7.11 Å². The summed E-state index contributed by atoms with van der Waals surface area (Å²) < 4.78 is 7.08. The lowest BCUT2D eigenvalue weighted by atomic mass is 9.92. The predicted octanol–water partition coefficient (Wildman–Crippen LogP) is 3.70. The zero-order valence-electron chi connectivity index (χ0n) is 12.6. The lowest BCUT2D eigenvalue weighted by Gasteiger charge is -2.15. The first kappa shape index (κ1) is 15.7. The van der Waals surface area contributed by atoms with E-state index in [0.717, 1.165) is 38.6 Å². The number of aryl methyl sites for hydroxylation is 1. The van der Waals surface area contributed by atoms with Crippen molar-refractivity contribution in [2.45, 2.75) is 59.4 Å². The number of methoxy groups -OCH3 is 1. The van der Waals surface area contributed by atoms with Gasteiger partial charge >= 0.3 is 0 Å². The number of unbranched alkanes of at least 4 members (excludes halogenated alkanes) is 1. The highest BCUT2D eigenvalue weighted by molar-refractivity contribution is 5.98. The molecule has 0 radical (unpaired) electrons. The summed E-state index contributed by atoms with van der Waals surface area (Å²) in [6, 6.07) is 0. The molecule has 0 fully saturated rings. The second-order valence-electron chi connectivity index (χ2n) is 4.90. The SMILES string of the molecule is CCCCC(CC)C(=O)c1c(OC)cnn1CCC. The van der Waals surface area contributed by atoms with Crippen LogP contribution in [0.1, 0.15) is 63.4 Å². The molecule has 1 heterocycles. The first-order valence-corrected chi connectivity index (χ1v) is 7.33. The van der Waals surface area contributed by atoms with Crippen LogP contribution in [-0.4, -0.2) is 22.7 Å². The Bertz CT molecular complexity index is 399. The minimum atomic E-state index is 0.0844. The van der Waals surface area contributed by atoms with Gasteiger partial charge in [0, 0.05) is 12.5 Å². The second kappa shape index (κ2) is 7.97. The number of ketones is 1. The lowest BCUT2D eigenvalue weighted by molar-refractivity contribution is 0.0893. The Hall–Kier alpha value is -1.32. The van der Waals surface area contributed by atoms with E-state index in [-0.39, 0.29) is 11.7 Å². The molecule has 4 nitrogen and oxygen atoms in total. The minimum absolute atomic E-state index is 0.0844. The van der Waals surface area contributed by atoms with Crippen LogP contribution in [-0.2, 0) is 6.54 Å². The molecule has 4 heteroatoms. The molecule has 0 aliphatic rings. The summed E-state index contributed by atoms with van der Waals surface area (Å²) >= 11 is 0. The van der Waals surface area contributed by atoms with Gasteiger partial charge in [-0.1, -0.05) is 33.6 Å². The van der Waals surface area contributed by atoms with Gasteiger partial charge in [0.1, 0.15) is 5.69 Å². The largest absolute Gasteiger partial charge is 0.493 e. The molecule has 0 spiro atoms. The van der Waals surface area contributed by atoms with Crippen LogP contribution in [0.5, 0.6) is 5.75 Å². The predicted molar refractivity (Wildman–Crippen MR) is 76.7 cm³/mol. The molecule has 108 valence electrons. The van der Waals surface area contributed by atoms with Gasteiger partial charge in [0.05, 0.1) is 13.3 Å². The molecule has 1 rings (SSSR count). The lowest BCUT2D eigenvalue weighted by Crippen LogP contribution is -2.19. The van der Waals surface area contributed by atoms with Crippen LogP contribution in [0.3, 0.4) is 0 Å². The maximum Gasteiger partial charge on any atom is 0.187 e. The van der Waals surface area contributed by atoms with Crippen molar-refractivity contribution in [3.8, 4) is 5.75 Å². The summed E-state index contributed by atoms with van der Waals surface area (Å²) in [5.74, 6) is 0.869. The third kappa shape index (κ3) is 3.82. The van der Waals surface area contributed by atoms with E-state index in [1.54, 1.807) is 18.0 Å². The molecule has 0 N–H and O–H groups in total. The Labute approximate surface area is 116 Å². The van der Waals surface area contributed by atoms with E-state index in [1.165, 1.54) is 0 Å². The van der Waals surface area contributed by atoms with Gasteiger partial charge < -0.3 is 4.74 Å². The molecule has 1 atom stereocenters. The quantitative estimate of drug-likeness (QED) is 0.640. The number of nitrogens with zero attached hydrogens (tertiary/aromatic N) is 2. The molecular weight excluding hydrogens is 240 g/mol. The normalized spacial score (nSPS) is 12.4. The summed E-state index contributed by atoms with van der Waals surface area (Å²) in [6.45, 7) is 7.07. The van der Waals surface area contributed by atoms with Crippen molar-refractivity contribution in [2.24, 2.45) is 5.92 Å². The molecule has 0 saturated heterocycles. The molecular formula is C15H26N2O2. The van der Waals surface area contributed by atoms with Gasteiger partial charge in [0.25, 0.3) is 0 Å². The van der Waals surface area contributed by atoms with E-state index in [4.69, 9.17) is 4.74 Å². The van der Waals surface area contributed by atoms with Crippen LogP contribution in [0.15, 0.2) is 6.20 Å². The number of aromatic nitrogens is 2. The minimum Gasteiger partial charge on any atom is -0.493 e. The topological polar surface area (TPSA) is 44.1 Å². The van der Waals surface area contributed by atoms with Gasteiger partial charge in [-0.2, -0.15) is 5.10 Å². The molecule has 19 heavy (non-hydrogen) atoms. The number of hydrogen-bond donors (Lipinski definition) is 0. The first-order chi connectivity index (χ1) is 9.19. The Balaban J connectivity index is 2.97. The van der Waals surface area contributed by atoms with E-state index < -0.39 is 0 Å². The third-order valence-corrected chi connectivity index (χ3v) is 3.46. The van der Waals surface area contributed by atoms with Gasteiger partial charge in [-0.05, 0) is 19.3 Å². The van der Waals surface area contributed by atoms with Gasteiger partial charge in [-0.15, -0.1) is 0 Å². The second-order valence-corrected chi connectivity index (χ2v) is 4.90. The summed E-state index contributed by atoms with van der Waals surface area (Å²) in [5, 5.41) is 4.27. The summed E-state index contributed by atoms with van der Waals surface area (Å²) in [5.41, 5.74) is 0.646. The fraction of sp³-hybridized carbons (Fsp3) is 0.733.